The molecule has 1 atom stereocenters. The Hall–Kier alpha value is -3.64. The first kappa shape index (κ1) is 19.7. The summed E-state index contributed by atoms with van der Waals surface area (Å²) in [6, 6.07) is 5.33. The summed E-state index contributed by atoms with van der Waals surface area (Å²) in [6.07, 6.45) is 0.401. The summed E-state index contributed by atoms with van der Waals surface area (Å²) in [6.45, 7) is -0.0322. The maximum atomic E-state index is 13.2. The highest BCUT2D eigenvalue weighted by Gasteiger charge is 2.15. The van der Waals surface area contributed by atoms with Gasteiger partial charge in [0.25, 0.3) is 11.6 Å². The third kappa shape index (κ3) is 3.65. The van der Waals surface area contributed by atoms with E-state index in [0.29, 0.717) is 16.5 Å². The number of aliphatic hydroxyl groups is 1. The fourth-order valence-corrected chi connectivity index (χ4v) is 3.11. The molecule has 156 valence electrons. The van der Waals surface area contributed by atoms with E-state index in [1.54, 1.807) is 18.2 Å². The maximum Gasteiger partial charge on any atom is 0.331 e. The van der Waals surface area contributed by atoms with Crippen LogP contribution in [0.5, 0.6) is 0 Å². The summed E-state index contributed by atoms with van der Waals surface area (Å²) in [5, 5.41) is 22.9. The zero-order valence-electron chi connectivity index (χ0n) is 15.9. The molecule has 0 aliphatic carbocycles. The zero-order valence-corrected chi connectivity index (χ0v) is 15.9. The Bertz CT molecular complexity index is 1340. The standard InChI is InChI=1S/C18H18FN7O4/c1-24-17(28)12(6-20)7-25(18(24)29)9-16-21-23-26(22-16)8-13(27)10-2-3-14-11(4-10)5-15(19)30-14/h2-5,7,13,27H,6,8-9,20H2,1H3/t13-/m0/s1. The molecule has 0 bridgehead atoms. The Labute approximate surface area is 167 Å². The van der Waals surface area contributed by atoms with E-state index in [-0.39, 0.29) is 31.0 Å². The predicted molar refractivity (Wildman–Crippen MR) is 102 cm³/mol. The minimum absolute atomic E-state index is 0.00490. The first-order valence-corrected chi connectivity index (χ1v) is 8.99. The molecule has 0 radical (unpaired) electrons. The second kappa shape index (κ2) is 7.65. The van der Waals surface area contributed by atoms with Crippen molar-refractivity contribution in [1.82, 2.24) is 29.3 Å². The van der Waals surface area contributed by atoms with E-state index in [2.05, 4.69) is 15.4 Å². The van der Waals surface area contributed by atoms with Crippen molar-refractivity contribution >= 4 is 11.0 Å². The van der Waals surface area contributed by atoms with Crippen LogP contribution in [0.4, 0.5) is 4.39 Å². The third-order valence-electron chi connectivity index (χ3n) is 4.68. The van der Waals surface area contributed by atoms with Crippen LogP contribution in [-0.2, 0) is 26.7 Å². The van der Waals surface area contributed by atoms with Gasteiger partial charge in [0.15, 0.2) is 5.82 Å². The van der Waals surface area contributed by atoms with Gasteiger partial charge >= 0.3 is 5.69 Å². The van der Waals surface area contributed by atoms with Crippen molar-refractivity contribution < 1.29 is 13.9 Å². The number of fused-ring (bicyclic) bond motifs is 1. The lowest BCUT2D eigenvalue weighted by Gasteiger charge is -2.09. The van der Waals surface area contributed by atoms with Crippen LogP contribution in [-0.4, -0.2) is 34.4 Å². The van der Waals surface area contributed by atoms with Crippen LogP contribution in [0.15, 0.2) is 44.5 Å². The van der Waals surface area contributed by atoms with Crippen LogP contribution in [0.2, 0.25) is 0 Å². The van der Waals surface area contributed by atoms with Gasteiger partial charge in [-0.3, -0.25) is 13.9 Å². The zero-order chi connectivity index (χ0) is 21.4. The van der Waals surface area contributed by atoms with Gasteiger partial charge in [0, 0.05) is 36.8 Å². The van der Waals surface area contributed by atoms with Gasteiger partial charge in [-0.2, -0.15) is 9.19 Å². The highest BCUT2D eigenvalue weighted by molar-refractivity contribution is 5.78. The Morgan fingerprint density at radius 3 is 2.87 bits per heavy atom. The quantitative estimate of drug-likeness (QED) is 0.435. The van der Waals surface area contributed by atoms with Crippen molar-refractivity contribution in [3.05, 3.63) is 74.3 Å². The molecule has 0 aliphatic rings. The third-order valence-corrected chi connectivity index (χ3v) is 4.68. The molecular formula is C18H18FN7O4. The van der Waals surface area contributed by atoms with E-state index in [4.69, 9.17) is 10.2 Å². The van der Waals surface area contributed by atoms with E-state index < -0.39 is 23.4 Å². The van der Waals surface area contributed by atoms with Crippen molar-refractivity contribution in [2.24, 2.45) is 12.8 Å². The molecule has 3 N–H and O–H groups in total. The molecule has 1 aromatic carbocycles. The first-order chi connectivity index (χ1) is 14.4. The van der Waals surface area contributed by atoms with Gasteiger partial charge in [0.1, 0.15) is 11.7 Å². The topological polar surface area (TPSA) is 147 Å². The maximum absolute atomic E-state index is 13.2. The average molecular weight is 415 g/mol. The summed E-state index contributed by atoms with van der Waals surface area (Å²) in [5.74, 6) is 0.221. The molecule has 30 heavy (non-hydrogen) atoms. The minimum atomic E-state index is -0.974. The largest absolute Gasteiger partial charge is 0.431 e. The molecule has 0 saturated heterocycles. The number of aliphatic hydroxyl groups excluding tert-OH is 1. The summed E-state index contributed by atoms with van der Waals surface area (Å²) in [7, 11) is 1.36. The van der Waals surface area contributed by atoms with Crippen LogP contribution in [0, 0.1) is 6.01 Å². The van der Waals surface area contributed by atoms with E-state index in [1.807, 2.05) is 0 Å². The fraction of sp³-hybridized carbons (Fsp3) is 0.278. The molecule has 0 fully saturated rings. The molecule has 0 saturated carbocycles. The second-order valence-electron chi connectivity index (χ2n) is 6.76. The summed E-state index contributed by atoms with van der Waals surface area (Å²) in [4.78, 5) is 25.4. The summed E-state index contributed by atoms with van der Waals surface area (Å²) < 4.78 is 20.3. The molecule has 12 heteroatoms. The van der Waals surface area contributed by atoms with Crippen molar-refractivity contribution in [2.45, 2.75) is 25.7 Å². The van der Waals surface area contributed by atoms with Gasteiger partial charge in [-0.1, -0.05) is 6.07 Å². The van der Waals surface area contributed by atoms with Gasteiger partial charge in [-0.25, -0.2) is 4.79 Å². The van der Waals surface area contributed by atoms with Crippen molar-refractivity contribution in [1.29, 1.82) is 0 Å². The highest BCUT2D eigenvalue weighted by Crippen LogP contribution is 2.23. The van der Waals surface area contributed by atoms with Crippen molar-refractivity contribution in [3.63, 3.8) is 0 Å². The monoisotopic (exact) mass is 415 g/mol. The van der Waals surface area contributed by atoms with Gasteiger partial charge < -0.3 is 15.3 Å². The fourth-order valence-electron chi connectivity index (χ4n) is 3.11. The predicted octanol–water partition coefficient (Wildman–Crippen LogP) is -0.341. The van der Waals surface area contributed by atoms with E-state index in [9.17, 15) is 19.1 Å². The van der Waals surface area contributed by atoms with Crippen LogP contribution < -0.4 is 17.0 Å². The number of hydrogen-bond donors (Lipinski definition) is 2. The minimum Gasteiger partial charge on any atom is -0.431 e. The molecule has 4 rings (SSSR count). The van der Waals surface area contributed by atoms with Crippen LogP contribution >= 0.6 is 0 Å². The van der Waals surface area contributed by atoms with Gasteiger partial charge in [-0.15, -0.1) is 10.2 Å². The highest BCUT2D eigenvalue weighted by atomic mass is 19.1. The smallest absolute Gasteiger partial charge is 0.331 e. The number of furan rings is 1. The lowest BCUT2D eigenvalue weighted by Crippen LogP contribution is -2.40. The molecule has 3 aromatic heterocycles. The molecule has 4 aromatic rings. The number of nitrogens with two attached hydrogens (primary N) is 1. The Balaban J connectivity index is 1.52. The van der Waals surface area contributed by atoms with Crippen LogP contribution in [0.1, 0.15) is 23.1 Å². The average Bonchev–Trinajstić information content (AvgIpc) is 3.32. The normalized spacial score (nSPS) is 12.5. The molecular weight excluding hydrogens is 397 g/mol. The number of tetrazole rings is 1. The molecule has 0 aliphatic heterocycles. The van der Waals surface area contributed by atoms with Crippen LogP contribution in [0.3, 0.4) is 0 Å². The summed E-state index contributed by atoms with van der Waals surface area (Å²) in [5.41, 5.74) is 5.76. The molecule has 11 nitrogen and oxygen atoms in total. The van der Waals surface area contributed by atoms with E-state index in [1.165, 1.54) is 28.7 Å². The molecule has 0 unspecified atom stereocenters. The van der Waals surface area contributed by atoms with Crippen molar-refractivity contribution in [3.8, 4) is 0 Å². The number of nitrogens with zero attached hydrogens (tertiary/aromatic N) is 6. The van der Waals surface area contributed by atoms with E-state index in [0.717, 1.165) is 4.57 Å². The number of benzene rings is 1. The molecule has 0 amide bonds. The Morgan fingerprint density at radius 1 is 1.30 bits per heavy atom. The summed E-state index contributed by atoms with van der Waals surface area (Å²) >= 11 is 0. The Morgan fingerprint density at radius 2 is 2.10 bits per heavy atom. The second-order valence-corrected chi connectivity index (χ2v) is 6.76. The molecule has 0 spiro atoms. The lowest BCUT2D eigenvalue weighted by atomic mass is 10.1. The number of rotatable bonds is 6. The number of halogens is 1. The van der Waals surface area contributed by atoms with Gasteiger partial charge in [0.2, 0.25) is 0 Å². The van der Waals surface area contributed by atoms with Crippen molar-refractivity contribution in [2.75, 3.05) is 0 Å². The first-order valence-electron chi connectivity index (χ1n) is 8.99. The number of aromatic nitrogens is 6. The van der Waals surface area contributed by atoms with Gasteiger partial charge in [-0.05, 0) is 22.9 Å². The lowest BCUT2D eigenvalue weighted by molar-refractivity contribution is 0.144. The van der Waals surface area contributed by atoms with E-state index >= 15 is 0 Å². The number of hydrogen-bond acceptors (Lipinski definition) is 8. The van der Waals surface area contributed by atoms with Crippen LogP contribution in [0.25, 0.3) is 11.0 Å². The SMILES string of the molecule is Cn1c(=O)c(CN)cn(Cc2nnn(C[C@H](O)c3ccc4oc(F)cc4c3)n2)c1=O. The Kier molecular flexibility index (Phi) is 5.01. The van der Waals surface area contributed by atoms with Gasteiger partial charge in [0.05, 0.1) is 13.1 Å². The molecule has 3 heterocycles.